The van der Waals surface area contributed by atoms with Gasteiger partial charge in [-0.2, -0.15) is 0 Å². The van der Waals surface area contributed by atoms with Gasteiger partial charge in [0.2, 0.25) is 0 Å². The third-order valence-corrected chi connectivity index (χ3v) is 2.91. The Morgan fingerprint density at radius 1 is 1.18 bits per heavy atom. The van der Waals surface area contributed by atoms with Crippen molar-refractivity contribution < 1.29 is 9.47 Å². The molecule has 0 saturated carbocycles. The first-order chi connectivity index (χ1) is 8.29. The van der Waals surface area contributed by atoms with Crippen molar-refractivity contribution in [2.24, 2.45) is 0 Å². The molecule has 17 heavy (non-hydrogen) atoms. The minimum Gasteiger partial charge on any atom is -0.379 e. The average molecular weight is 244 g/mol. The van der Waals surface area contributed by atoms with E-state index in [1.165, 1.54) is 6.42 Å². The number of rotatable bonds is 9. The molecule has 0 unspecified atom stereocenters. The van der Waals surface area contributed by atoms with E-state index in [0.29, 0.717) is 6.10 Å². The molecule has 0 atom stereocenters. The molecule has 1 saturated heterocycles. The van der Waals surface area contributed by atoms with Crippen molar-refractivity contribution in [1.82, 2.24) is 10.2 Å². The highest BCUT2D eigenvalue weighted by Crippen LogP contribution is 1.95. The zero-order chi connectivity index (χ0) is 12.3. The van der Waals surface area contributed by atoms with Gasteiger partial charge in [-0.1, -0.05) is 0 Å². The van der Waals surface area contributed by atoms with Gasteiger partial charge in [0.25, 0.3) is 0 Å². The van der Waals surface area contributed by atoms with E-state index in [1.807, 2.05) is 0 Å². The van der Waals surface area contributed by atoms with E-state index in [4.69, 9.17) is 9.47 Å². The van der Waals surface area contributed by atoms with E-state index >= 15 is 0 Å². The number of nitrogens with zero attached hydrogens (tertiary/aromatic N) is 1. The highest BCUT2D eigenvalue weighted by Gasteiger charge is 2.08. The van der Waals surface area contributed by atoms with Crippen molar-refractivity contribution >= 4 is 0 Å². The topological polar surface area (TPSA) is 33.7 Å². The Morgan fingerprint density at radius 2 is 1.94 bits per heavy atom. The lowest BCUT2D eigenvalue weighted by molar-refractivity contribution is 0.0384. The van der Waals surface area contributed by atoms with Gasteiger partial charge < -0.3 is 14.8 Å². The lowest BCUT2D eigenvalue weighted by Crippen LogP contribution is -2.40. The maximum absolute atomic E-state index is 5.49. The fourth-order valence-corrected chi connectivity index (χ4v) is 1.86. The molecular weight excluding hydrogens is 216 g/mol. The Bertz CT molecular complexity index is 171. The van der Waals surface area contributed by atoms with Crippen molar-refractivity contribution in [3.05, 3.63) is 0 Å². The second-order valence-corrected chi connectivity index (χ2v) is 4.83. The van der Waals surface area contributed by atoms with Crippen LogP contribution in [0.4, 0.5) is 0 Å². The van der Waals surface area contributed by atoms with Gasteiger partial charge in [-0.25, -0.2) is 0 Å². The van der Waals surface area contributed by atoms with Gasteiger partial charge in [0.15, 0.2) is 0 Å². The summed E-state index contributed by atoms with van der Waals surface area (Å²) in [6.07, 6.45) is 2.72. The summed E-state index contributed by atoms with van der Waals surface area (Å²) >= 11 is 0. The van der Waals surface area contributed by atoms with Crippen LogP contribution >= 0.6 is 0 Å². The Labute approximate surface area is 106 Å². The minimum atomic E-state index is 0.365. The van der Waals surface area contributed by atoms with Gasteiger partial charge in [-0.15, -0.1) is 0 Å². The molecule has 1 aliphatic heterocycles. The molecule has 1 rings (SSSR count). The zero-order valence-electron chi connectivity index (χ0n) is 11.4. The molecule has 0 aromatic carbocycles. The number of unbranched alkanes of at least 4 members (excludes halogenated alkanes) is 1. The molecule has 1 aliphatic rings. The first kappa shape index (κ1) is 14.9. The van der Waals surface area contributed by atoms with Crippen LogP contribution in [0.25, 0.3) is 0 Å². The Hall–Kier alpha value is -0.160. The summed E-state index contributed by atoms with van der Waals surface area (Å²) in [4.78, 5) is 2.46. The zero-order valence-corrected chi connectivity index (χ0v) is 11.4. The van der Waals surface area contributed by atoms with Gasteiger partial charge in [0.05, 0.1) is 19.3 Å². The molecule has 4 heteroatoms. The quantitative estimate of drug-likeness (QED) is 0.616. The van der Waals surface area contributed by atoms with E-state index in [1.54, 1.807) is 0 Å². The third-order valence-electron chi connectivity index (χ3n) is 2.91. The second kappa shape index (κ2) is 9.83. The molecule has 0 aromatic rings. The van der Waals surface area contributed by atoms with E-state index < -0.39 is 0 Å². The summed E-state index contributed by atoms with van der Waals surface area (Å²) < 4.78 is 10.8. The van der Waals surface area contributed by atoms with Crippen LogP contribution in [0.3, 0.4) is 0 Å². The monoisotopic (exact) mass is 244 g/mol. The van der Waals surface area contributed by atoms with Crippen LogP contribution in [0.15, 0.2) is 0 Å². The van der Waals surface area contributed by atoms with E-state index in [-0.39, 0.29) is 0 Å². The first-order valence-electron chi connectivity index (χ1n) is 6.91. The lowest BCUT2D eigenvalue weighted by Gasteiger charge is -2.26. The summed E-state index contributed by atoms with van der Waals surface area (Å²) in [6, 6.07) is 0. The van der Waals surface area contributed by atoms with Crippen LogP contribution in [0.5, 0.6) is 0 Å². The van der Waals surface area contributed by atoms with E-state index in [2.05, 4.69) is 24.1 Å². The maximum Gasteiger partial charge on any atom is 0.0594 e. The van der Waals surface area contributed by atoms with E-state index in [0.717, 1.165) is 59.0 Å². The summed E-state index contributed by atoms with van der Waals surface area (Å²) in [5.74, 6) is 0. The Morgan fingerprint density at radius 3 is 2.65 bits per heavy atom. The second-order valence-electron chi connectivity index (χ2n) is 4.83. The number of nitrogens with one attached hydrogen (secondary N) is 1. The minimum absolute atomic E-state index is 0.365. The highest BCUT2D eigenvalue weighted by atomic mass is 16.5. The van der Waals surface area contributed by atoms with Gasteiger partial charge in [0, 0.05) is 32.8 Å². The molecule has 0 aliphatic carbocycles. The molecule has 1 fully saturated rings. The van der Waals surface area contributed by atoms with Crippen molar-refractivity contribution in [2.75, 3.05) is 52.5 Å². The van der Waals surface area contributed by atoms with Gasteiger partial charge in [0.1, 0.15) is 0 Å². The van der Waals surface area contributed by atoms with Gasteiger partial charge in [-0.3, -0.25) is 4.90 Å². The van der Waals surface area contributed by atoms with Crippen LogP contribution in [0, 0.1) is 0 Å². The maximum atomic E-state index is 5.49. The van der Waals surface area contributed by atoms with Crippen molar-refractivity contribution in [3.63, 3.8) is 0 Å². The Balaban J connectivity index is 1.78. The smallest absolute Gasteiger partial charge is 0.0594 e. The summed E-state index contributed by atoms with van der Waals surface area (Å²) in [7, 11) is 0. The van der Waals surface area contributed by atoms with E-state index in [9.17, 15) is 0 Å². The highest BCUT2D eigenvalue weighted by molar-refractivity contribution is 4.63. The largest absolute Gasteiger partial charge is 0.379 e. The van der Waals surface area contributed by atoms with Crippen LogP contribution in [-0.4, -0.2) is 63.5 Å². The number of hydrogen-bond donors (Lipinski definition) is 1. The van der Waals surface area contributed by atoms with Crippen molar-refractivity contribution in [1.29, 1.82) is 0 Å². The van der Waals surface area contributed by atoms with Gasteiger partial charge >= 0.3 is 0 Å². The predicted octanol–water partition coefficient (Wildman–Crippen LogP) is 1.11. The molecule has 4 nitrogen and oxygen atoms in total. The van der Waals surface area contributed by atoms with Crippen LogP contribution in [0.1, 0.15) is 26.7 Å². The average Bonchev–Trinajstić information content (AvgIpc) is 2.33. The van der Waals surface area contributed by atoms with Crippen LogP contribution in [-0.2, 0) is 9.47 Å². The van der Waals surface area contributed by atoms with Crippen LogP contribution < -0.4 is 5.32 Å². The van der Waals surface area contributed by atoms with Crippen LogP contribution in [0.2, 0.25) is 0 Å². The standard InChI is InChI=1S/C13H28N2O2/c1-13(2)17-10-4-3-5-14-6-7-15-8-11-16-12-9-15/h13-14H,3-12H2,1-2H3. The summed E-state index contributed by atoms with van der Waals surface area (Å²) in [6.45, 7) is 12.4. The number of morpholine rings is 1. The normalized spacial score (nSPS) is 17.8. The Kier molecular flexibility index (Phi) is 8.61. The number of ether oxygens (including phenoxy) is 2. The van der Waals surface area contributed by atoms with Gasteiger partial charge in [-0.05, 0) is 33.2 Å². The molecule has 0 amide bonds. The summed E-state index contributed by atoms with van der Waals surface area (Å²) in [5, 5.41) is 3.48. The fourth-order valence-electron chi connectivity index (χ4n) is 1.86. The molecule has 0 bridgehead atoms. The molecule has 0 radical (unpaired) electrons. The molecule has 102 valence electrons. The summed E-state index contributed by atoms with van der Waals surface area (Å²) in [5.41, 5.74) is 0. The molecule has 0 aromatic heterocycles. The first-order valence-corrected chi connectivity index (χ1v) is 6.91. The molecule has 1 heterocycles. The fraction of sp³-hybridized carbons (Fsp3) is 1.00. The third kappa shape index (κ3) is 8.55. The SMILES string of the molecule is CC(C)OCCCCNCCN1CCOCC1. The molecule has 0 spiro atoms. The number of hydrogen-bond acceptors (Lipinski definition) is 4. The lowest BCUT2D eigenvalue weighted by atomic mass is 10.3. The van der Waals surface area contributed by atoms with Crippen molar-refractivity contribution in [2.45, 2.75) is 32.8 Å². The van der Waals surface area contributed by atoms with Crippen molar-refractivity contribution in [3.8, 4) is 0 Å². The predicted molar refractivity (Wildman–Crippen MR) is 70.5 cm³/mol. The molecular formula is C13H28N2O2. The molecule has 1 N–H and O–H groups in total.